The number of ether oxygens (including phenoxy) is 3. The van der Waals surface area contributed by atoms with Gasteiger partial charge in [-0.2, -0.15) is 0 Å². The van der Waals surface area contributed by atoms with Crippen molar-refractivity contribution in [3.8, 4) is 0 Å². The Bertz CT molecular complexity index is 996. The summed E-state index contributed by atoms with van der Waals surface area (Å²) < 4.78 is 16.7. The molecular weight excluding hydrogens is 697 g/mol. The van der Waals surface area contributed by atoms with E-state index in [0.717, 1.165) is 109 Å². The van der Waals surface area contributed by atoms with Gasteiger partial charge in [-0.25, -0.2) is 0 Å². The second-order valence-corrected chi connectivity index (χ2v) is 15.6. The van der Waals surface area contributed by atoms with E-state index in [2.05, 4.69) is 69.4 Å². The lowest BCUT2D eigenvalue weighted by molar-refractivity contribution is -0.167. The van der Waals surface area contributed by atoms with Crippen molar-refractivity contribution in [3.63, 3.8) is 0 Å². The Morgan fingerprint density at radius 3 is 1.18 bits per heavy atom. The normalized spacial score (nSPS) is 12.4. The first kappa shape index (κ1) is 53.4. The van der Waals surface area contributed by atoms with Gasteiger partial charge < -0.3 is 14.2 Å². The second kappa shape index (κ2) is 45.1. The van der Waals surface area contributed by atoms with Crippen LogP contribution in [0.3, 0.4) is 0 Å². The Kier molecular flexibility index (Phi) is 43.0. The van der Waals surface area contributed by atoms with Crippen molar-refractivity contribution < 1.29 is 28.6 Å². The van der Waals surface area contributed by atoms with Crippen LogP contribution in [0, 0.1) is 0 Å². The van der Waals surface area contributed by atoms with Crippen LogP contribution in [-0.2, 0) is 28.6 Å². The summed E-state index contributed by atoms with van der Waals surface area (Å²) in [5.74, 6) is -0.907. The van der Waals surface area contributed by atoms with Gasteiger partial charge in [-0.1, -0.05) is 191 Å². The highest BCUT2D eigenvalue weighted by Crippen LogP contribution is 2.15. The Labute approximate surface area is 346 Å². The number of carbonyl (C=O) groups is 3. The zero-order valence-electron chi connectivity index (χ0n) is 36.9. The van der Waals surface area contributed by atoms with Crippen LogP contribution in [0.4, 0.5) is 0 Å². The molecule has 0 amide bonds. The van der Waals surface area contributed by atoms with Crippen LogP contribution in [-0.4, -0.2) is 37.2 Å². The number of unbranched alkanes of at least 4 members (excludes halogenated alkanes) is 23. The molecule has 0 rings (SSSR count). The van der Waals surface area contributed by atoms with E-state index < -0.39 is 6.10 Å². The number of carbonyl (C=O) groups excluding carboxylic acids is 3. The van der Waals surface area contributed by atoms with Crippen molar-refractivity contribution in [3.05, 3.63) is 48.6 Å². The van der Waals surface area contributed by atoms with Crippen LogP contribution in [0.15, 0.2) is 48.6 Å². The molecule has 1 unspecified atom stereocenters. The van der Waals surface area contributed by atoms with Crippen LogP contribution >= 0.6 is 0 Å². The molecule has 56 heavy (non-hydrogen) atoms. The molecule has 0 aromatic rings. The van der Waals surface area contributed by atoms with Crippen LogP contribution in [0.1, 0.15) is 233 Å². The summed E-state index contributed by atoms with van der Waals surface area (Å²) in [5.41, 5.74) is 0. The molecular formula is C50H88O6. The largest absolute Gasteiger partial charge is 0.462 e. The molecule has 0 N–H and O–H groups in total. The lowest BCUT2D eigenvalue weighted by Gasteiger charge is -2.18. The van der Waals surface area contributed by atoms with E-state index in [0.29, 0.717) is 19.3 Å². The van der Waals surface area contributed by atoms with Crippen molar-refractivity contribution in [2.75, 3.05) is 13.2 Å². The monoisotopic (exact) mass is 785 g/mol. The minimum absolute atomic E-state index is 0.0818. The van der Waals surface area contributed by atoms with Gasteiger partial charge >= 0.3 is 17.9 Å². The first-order chi connectivity index (χ1) is 27.5. The summed E-state index contributed by atoms with van der Waals surface area (Å²) in [4.78, 5) is 37.8. The fourth-order valence-electron chi connectivity index (χ4n) is 6.52. The Morgan fingerprint density at radius 1 is 0.375 bits per heavy atom. The quantitative estimate of drug-likeness (QED) is 0.0265. The maximum absolute atomic E-state index is 12.7. The van der Waals surface area contributed by atoms with Crippen molar-refractivity contribution >= 4 is 17.9 Å². The molecule has 0 bridgehead atoms. The summed E-state index contributed by atoms with van der Waals surface area (Å²) >= 11 is 0. The Hall–Kier alpha value is -2.63. The highest BCUT2D eigenvalue weighted by molar-refractivity contribution is 5.71. The van der Waals surface area contributed by atoms with Gasteiger partial charge in [-0.15, -0.1) is 0 Å². The number of rotatable bonds is 42. The van der Waals surface area contributed by atoms with E-state index in [4.69, 9.17) is 14.2 Å². The molecule has 0 aliphatic rings. The van der Waals surface area contributed by atoms with Crippen molar-refractivity contribution in [2.24, 2.45) is 0 Å². The Morgan fingerprint density at radius 2 is 0.732 bits per heavy atom. The maximum Gasteiger partial charge on any atom is 0.306 e. The summed E-state index contributed by atoms with van der Waals surface area (Å²) in [6, 6.07) is 0. The maximum atomic E-state index is 12.7. The zero-order chi connectivity index (χ0) is 40.8. The van der Waals surface area contributed by atoms with Crippen molar-refractivity contribution in [2.45, 2.75) is 239 Å². The molecule has 6 nitrogen and oxygen atoms in total. The SMILES string of the molecule is CC/C=C\C/C=C\C/C=C\CCCCCCCC(=O)OCC(COC(=O)CCCCCCC/C=C\CCC)OC(=O)CCCCCCCCCCCCCCC. The van der Waals surface area contributed by atoms with Crippen LogP contribution < -0.4 is 0 Å². The standard InChI is InChI=1S/C50H88O6/c1-4-7-10-13-16-19-22-24-25-27-28-31-34-37-40-43-49(52)55-46-47(45-54-48(51)42-39-36-33-30-21-18-15-12-9-6-3)56-50(53)44-41-38-35-32-29-26-23-20-17-14-11-8-5-2/h7,10,12,15-16,19,24-25,47H,4-6,8-9,11,13-14,17-18,20-23,26-46H2,1-3H3/b10-7-,15-12-,19-16-,25-24-. The smallest absolute Gasteiger partial charge is 0.306 e. The molecule has 0 fully saturated rings. The molecule has 0 radical (unpaired) electrons. The lowest BCUT2D eigenvalue weighted by atomic mass is 10.0. The highest BCUT2D eigenvalue weighted by Gasteiger charge is 2.19. The van der Waals surface area contributed by atoms with Crippen molar-refractivity contribution in [1.82, 2.24) is 0 Å². The third kappa shape index (κ3) is 42.5. The average Bonchev–Trinajstić information content (AvgIpc) is 3.19. The zero-order valence-corrected chi connectivity index (χ0v) is 36.9. The van der Waals surface area contributed by atoms with Crippen LogP contribution in [0.5, 0.6) is 0 Å². The minimum atomic E-state index is -0.778. The van der Waals surface area contributed by atoms with Gasteiger partial charge in [-0.3, -0.25) is 14.4 Å². The number of hydrogen-bond acceptors (Lipinski definition) is 6. The van der Waals surface area contributed by atoms with E-state index in [1.165, 1.54) is 83.5 Å². The van der Waals surface area contributed by atoms with Gasteiger partial charge in [0.15, 0.2) is 6.10 Å². The third-order valence-electron chi connectivity index (χ3n) is 10.0. The topological polar surface area (TPSA) is 78.9 Å². The fourth-order valence-corrected chi connectivity index (χ4v) is 6.52. The van der Waals surface area contributed by atoms with E-state index in [1.807, 2.05) is 0 Å². The fraction of sp³-hybridized carbons (Fsp3) is 0.780. The van der Waals surface area contributed by atoms with Gasteiger partial charge in [0.05, 0.1) is 0 Å². The molecule has 1 atom stereocenters. The number of hydrogen-bond donors (Lipinski definition) is 0. The van der Waals surface area contributed by atoms with Gasteiger partial charge in [-0.05, 0) is 70.6 Å². The lowest BCUT2D eigenvalue weighted by Crippen LogP contribution is -2.30. The Balaban J connectivity index is 4.38. The molecule has 0 heterocycles. The first-order valence-electron chi connectivity index (χ1n) is 23.6. The molecule has 0 aliphatic carbocycles. The van der Waals surface area contributed by atoms with Gasteiger partial charge in [0.2, 0.25) is 0 Å². The van der Waals surface area contributed by atoms with E-state index in [9.17, 15) is 14.4 Å². The molecule has 0 saturated carbocycles. The average molecular weight is 785 g/mol. The molecule has 0 aromatic carbocycles. The van der Waals surface area contributed by atoms with Crippen LogP contribution in [0.2, 0.25) is 0 Å². The minimum Gasteiger partial charge on any atom is -0.462 e. The number of allylic oxidation sites excluding steroid dienone is 8. The summed E-state index contributed by atoms with van der Waals surface area (Å²) in [7, 11) is 0. The van der Waals surface area contributed by atoms with Crippen LogP contribution in [0.25, 0.3) is 0 Å². The van der Waals surface area contributed by atoms with Gasteiger partial charge in [0, 0.05) is 19.3 Å². The third-order valence-corrected chi connectivity index (χ3v) is 10.0. The first-order valence-corrected chi connectivity index (χ1v) is 23.6. The summed E-state index contributed by atoms with van der Waals surface area (Å²) in [5, 5.41) is 0. The molecule has 6 heteroatoms. The van der Waals surface area contributed by atoms with E-state index >= 15 is 0 Å². The summed E-state index contributed by atoms with van der Waals surface area (Å²) in [6.07, 6.45) is 52.3. The molecule has 0 aliphatic heterocycles. The van der Waals surface area contributed by atoms with Gasteiger partial charge in [0.25, 0.3) is 0 Å². The summed E-state index contributed by atoms with van der Waals surface area (Å²) in [6.45, 7) is 6.44. The van der Waals surface area contributed by atoms with Crippen molar-refractivity contribution in [1.29, 1.82) is 0 Å². The van der Waals surface area contributed by atoms with Gasteiger partial charge in [0.1, 0.15) is 13.2 Å². The number of esters is 3. The van der Waals surface area contributed by atoms with E-state index in [1.54, 1.807) is 0 Å². The molecule has 0 saturated heterocycles. The molecule has 0 spiro atoms. The highest BCUT2D eigenvalue weighted by atomic mass is 16.6. The molecule has 0 aromatic heterocycles. The van der Waals surface area contributed by atoms with E-state index in [-0.39, 0.29) is 31.1 Å². The second-order valence-electron chi connectivity index (χ2n) is 15.6. The predicted octanol–water partition coefficient (Wildman–Crippen LogP) is 15.1. The molecule has 324 valence electrons. The predicted molar refractivity (Wildman–Crippen MR) is 238 cm³/mol.